The van der Waals surface area contributed by atoms with Crippen LogP contribution >= 0.6 is 0 Å². The smallest absolute Gasteiger partial charge is 0.257 e. The van der Waals surface area contributed by atoms with Crippen molar-refractivity contribution >= 4 is 17.7 Å². The summed E-state index contributed by atoms with van der Waals surface area (Å²) in [5, 5.41) is 0. The number of hydrogen-bond acceptors (Lipinski definition) is 4. The van der Waals surface area contributed by atoms with Gasteiger partial charge in [-0.25, -0.2) is 0 Å². The first-order chi connectivity index (χ1) is 15.6. The number of hydrogen-bond donors (Lipinski definition) is 0. The fourth-order valence-electron chi connectivity index (χ4n) is 5.40. The number of ether oxygens (including phenoxy) is 1. The molecule has 174 valence electrons. The molecule has 2 atom stereocenters. The standard InChI is InChI=1S/C25H35N3O4/c1-2-32-22-11-4-3-10-20(22)25(31)28-16-6-5-9-19-17-27(18-21(19)28)24(30)13-8-15-26-14-7-12-23(26)29/h3-4,10-11,19,21H,2,5-9,12-18H2,1H3/t19-,21+/m0/s1. The first-order valence-electron chi connectivity index (χ1n) is 12.2. The monoisotopic (exact) mass is 441 g/mol. The largest absolute Gasteiger partial charge is 0.493 e. The van der Waals surface area contributed by atoms with E-state index in [1.165, 1.54) is 0 Å². The van der Waals surface area contributed by atoms with Crippen LogP contribution in [0.2, 0.25) is 0 Å². The molecule has 0 bridgehead atoms. The van der Waals surface area contributed by atoms with Gasteiger partial charge in [0.05, 0.1) is 18.2 Å². The summed E-state index contributed by atoms with van der Waals surface area (Å²) in [6, 6.07) is 7.51. The van der Waals surface area contributed by atoms with Gasteiger partial charge in [-0.15, -0.1) is 0 Å². The maximum absolute atomic E-state index is 13.5. The van der Waals surface area contributed by atoms with Gasteiger partial charge in [0.2, 0.25) is 11.8 Å². The van der Waals surface area contributed by atoms with Gasteiger partial charge in [0.25, 0.3) is 5.91 Å². The second-order valence-corrected chi connectivity index (χ2v) is 9.14. The molecule has 3 saturated heterocycles. The maximum atomic E-state index is 13.5. The van der Waals surface area contributed by atoms with Crippen molar-refractivity contribution in [2.75, 3.05) is 39.3 Å². The van der Waals surface area contributed by atoms with E-state index in [0.29, 0.717) is 56.2 Å². The number of amides is 3. The van der Waals surface area contributed by atoms with E-state index >= 15 is 0 Å². The molecule has 32 heavy (non-hydrogen) atoms. The van der Waals surface area contributed by atoms with Crippen LogP contribution in [0.1, 0.15) is 62.2 Å². The number of para-hydroxylation sites is 1. The van der Waals surface area contributed by atoms with Gasteiger partial charge in [0.15, 0.2) is 0 Å². The van der Waals surface area contributed by atoms with E-state index < -0.39 is 0 Å². The minimum absolute atomic E-state index is 0.00722. The van der Waals surface area contributed by atoms with Gasteiger partial charge in [-0.05, 0) is 50.7 Å². The highest BCUT2D eigenvalue weighted by atomic mass is 16.5. The zero-order valence-electron chi connectivity index (χ0n) is 19.1. The zero-order chi connectivity index (χ0) is 22.5. The number of benzene rings is 1. The van der Waals surface area contributed by atoms with Crippen molar-refractivity contribution in [3.63, 3.8) is 0 Å². The van der Waals surface area contributed by atoms with Crippen molar-refractivity contribution in [1.82, 2.24) is 14.7 Å². The Morgan fingerprint density at radius 2 is 1.94 bits per heavy atom. The Balaban J connectivity index is 1.39. The summed E-state index contributed by atoms with van der Waals surface area (Å²) in [4.78, 5) is 44.0. The van der Waals surface area contributed by atoms with Gasteiger partial charge >= 0.3 is 0 Å². The third kappa shape index (κ3) is 4.92. The molecule has 4 rings (SSSR count). The van der Waals surface area contributed by atoms with Crippen LogP contribution in [0.3, 0.4) is 0 Å². The number of fused-ring (bicyclic) bond motifs is 1. The zero-order valence-corrected chi connectivity index (χ0v) is 19.1. The van der Waals surface area contributed by atoms with E-state index in [2.05, 4.69) is 0 Å². The predicted molar refractivity (Wildman–Crippen MR) is 121 cm³/mol. The van der Waals surface area contributed by atoms with Crippen LogP contribution < -0.4 is 4.74 Å². The molecule has 3 amide bonds. The third-order valence-electron chi connectivity index (χ3n) is 7.05. The quantitative estimate of drug-likeness (QED) is 0.652. The van der Waals surface area contributed by atoms with E-state index in [1.54, 1.807) is 0 Å². The summed E-state index contributed by atoms with van der Waals surface area (Å²) in [5.41, 5.74) is 0.607. The number of likely N-dealkylation sites (tertiary alicyclic amines) is 3. The molecule has 3 aliphatic rings. The molecule has 0 aromatic heterocycles. The number of nitrogens with zero attached hydrogens (tertiary/aromatic N) is 3. The topological polar surface area (TPSA) is 70.2 Å². The van der Waals surface area contributed by atoms with E-state index in [1.807, 2.05) is 45.9 Å². The average Bonchev–Trinajstić information content (AvgIpc) is 3.35. The fraction of sp³-hybridized carbons (Fsp3) is 0.640. The van der Waals surface area contributed by atoms with E-state index in [-0.39, 0.29) is 23.8 Å². The summed E-state index contributed by atoms with van der Waals surface area (Å²) in [6.07, 6.45) is 5.86. The first-order valence-corrected chi connectivity index (χ1v) is 12.2. The van der Waals surface area contributed by atoms with Gasteiger partial charge < -0.3 is 19.4 Å². The van der Waals surface area contributed by atoms with Gasteiger partial charge in [-0.2, -0.15) is 0 Å². The maximum Gasteiger partial charge on any atom is 0.257 e. The molecule has 3 heterocycles. The molecule has 0 aliphatic carbocycles. The minimum Gasteiger partial charge on any atom is -0.493 e. The third-order valence-corrected chi connectivity index (χ3v) is 7.05. The normalized spacial score (nSPS) is 23.3. The van der Waals surface area contributed by atoms with Gasteiger partial charge in [0, 0.05) is 45.6 Å². The minimum atomic E-state index is 0.00722. The molecule has 0 spiro atoms. The Kier molecular flexibility index (Phi) is 7.33. The van der Waals surface area contributed by atoms with Crippen LogP contribution in [0.4, 0.5) is 0 Å². The molecule has 3 fully saturated rings. The van der Waals surface area contributed by atoms with Crippen molar-refractivity contribution < 1.29 is 19.1 Å². The van der Waals surface area contributed by atoms with E-state index in [0.717, 1.165) is 45.3 Å². The van der Waals surface area contributed by atoms with Gasteiger partial charge in [-0.1, -0.05) is 18.6 Å². The predicted octanol–water partition coefficient (Wildman–Crippen LogP) is 2.94. The second kappa shape index (κ2) is 10.4. The summed E-state index contributed by atoms with van der Waals surface area (Å²) >= 11 is 0. The number of carbonyl (C=O) groups excluding carboxylic acids is 3. The molecule has 0 N–H and O–H groups in total. The van der Waals surface area contributed by atoms with E-state index in [4.69, 9.17) is 4.74 Å². The van der Waals surface area contributed by atoms with Crippen LogP contribution in [0.25, 0.3) is 0 Å². The van der Waals surface area contributed by atoms with Crippen LogP contribution in [0, 0.1) is 5.92 Å². The van der Waals surface area contributed by atoms with Crippen LogP contribution in [-0.4, -0.2) is 77.8 Å². The summed E-state index contributed by atoms with van der Waals surface area (Å²) in [5.74, 6) is 1.31. The lowest BCUT2D eigenvalue weighted by Crippen LogP contribution is -2.44. The lowest BCUT2D eigenvalue weighted by Gasteiger charge is -2.30. The van der Waals surface area contributed by atoms with Crippen molar-refractivity contribution in [1.29, 1.82) is 0 Å². The van der Waals surface area contributed by atoms with Crippen LogP contribution in [0.5, 0.6) is 5.75 Å². The van der Waals surface area contributed by atoms with Crippen molar-refractivity contribution in [3.05, 3.63) is 29.8 Å². The summed E-state index contributed by atoms with van der Waals surface area (Å²) in [6.45, 7) is 5.98. The lowest BCUT2D eigenvalue weighted by atomic mass is 9.98. The fourth-order valence-corrected chi connectivity index (χ4v) is 5.40. The van der Waals surface area contributed by atoms with Gasteiger partial charge in [0.1, 0.15) is 5.75 Å². The molecular weight excluding hydrogens is 406 g/mol. The molecule has 0 unspecified atom stereocenters. The molecule has 1 aromatic carbocycles. The summed E-state index contributed by atoms with van der Waals surface area (Å²) in [7, 11) is 0. The Morgan fingerprint density at radius 3 is 2.72 bits per heavy atom. The van der Waals surface area contributed by atoms with Crippen LogP contribution in [-0.2, 0) is 9.59 Å². The van der Waals surface area contributed by atoms with Crippen molar-refractivity contribution in [2.45, 2.75) is 57.9 Å². The molecule has 0 saturated carbocycles. The molecule has 0 radical (unpaired) electrons. The molecule has 7 heteroatoms. The van der Waals surface area contributed by atoms with Gasteiger partial charge in [-0.3, -0.25) is 14.4 Å². The SMILES string of the molecule is CCOc1ccccc1C(=O)N1CCCC[C@H]2CN(C(=O)CCCN3CCCC3=O)C[C@H]21. The summed E-state index contributed by atoms with van der Waals surface area (Å²) < 4.78 is 5.70. The molecule has 1 aromatic rings. The van der Waals surface area contributed by atoms with Crippen molar-refractivity contribution in [2.24, 2.45) is 5.92 Å². The Bertz CT molecular complexity index is 842. The molecular formula is C25H35N3O4. The lowest BCUT2D eigenvalue weighted by molar-refractivity contribution is -0.132. The van der Waals surface area contributed by atoms with E-state index in [9.17, 15) is 14.4 Å². The molecule has 7 nitrogen and oxygen atoms in total. The number of carbonyl (C=O) groups is 3. The average molecular weight is 442 g/mol. The Labute approximate surface area is 190 Å². The molecule has 3 aliphatic heterocycles. The van der Waals surface area contributed by atoms with Crippen LogP contribution in [0.15, 0.2) is 24.3 Å². The van der Waals surface area contributed by atoms with Crippen molar-refractivity contribution in [3.8, 4) is 5.75 Å². The highest BCUT2D eigenvalue weighted by Crippen LogP contribution is 2.32. The number of rotatable bonds is 7. The second-order valence-electron chi connectivity index (χ2n) is 9.14. The Morgan fingerprint density at radius 1 is 1.09 bits per heavy atom. The Hall–Kier alpha value is -2.57. The highest BCUT2D eigenvalue weighted by molar-refractivity contribution is 5.97. The first kappa shape index (κ1) is 22.6. The highest BCUT2D eigenvalue weighted by Gasteiger charge is 2.41.